The van der Waals surface area contributed by atoms with Crippen molar-refractivity contribution >= 4 is 11.7 Å². The highest BCUT2D eigenvalue weighted by atomic mass is 16.5. The Balaban J connectivity index is 2.28. The molecule has 0 radical (unpaired) electrons. The van der Waals surface area contributed by atoms with Gasteiger partial charge in [-0.15, -0.1) is 0 Å². The molecule has 0 heterocycles. The van der Waals surface area contributed by atoms with Crippen molar-refractivity contribution in [3.05, 3.63) is 65.2 Å². The molecule has 0 spiro atoms. The average molecular weight is 327 g/mol. The second-order valence-corrected chi connectivity index (χ2v) is 5.13. The topological polar surface area (TPSA) is 57.1 Å². The van der Waals surface area contributed by atoms with Gasteiger partial charge in [-0.25, -0.2) is 9.79 Å². The zero-order valence-electron chi connectivity index (χ0n) is 14.1. The van der Waals surface area contributed by atoms with Crippen molar-refractivity contribution in [2.45, 2.75) is 13.5 Å². The quantitative estimate of drug-likeness (QED) is 0.579. The number of carbonyl (C=O) groups is 1. The highest BCUT2D eigenvalue weighted by Gasteiger charge is 2.18. The summed E-state index contributed by atoms with van der Waals surface area (Å²) in [5, 5.41) is 0. The largest absolute Gasteiger partial charge is 0.489 e. The first-order valence-electron chi connectivity index (χ1n) is 7.55. The number of rotatable bonds is 7. The van der Waals surface area contributed by atoms with E-state index in [9.17, 15) is 4.79 Å². The van der Waals surface area contributed by atoms with E-state index in [1.807, 2.05) is 55.5 Å². The lowest BCUT2D eigenvalue weighted by Gasteiger charge is -2.13. The monoisotopic (exact) mass is 327 g/mol. The minimum Gasteiger partial charge on any atom is -0.489 e. The molecule has 0 N–H and O–H groups in total. The van der Waals surface area contributed by atoms with Crippen LogP contribution < -0.4 is 4.74 Å². The van der Waals surface area contributed by atoms with Crippen molar-refractivity contribution in [3.63, 3.8) is 0 Å². The fourth-order valence-electron chi connectivity index (χ4n) is 2.24. The standard InChI is InChI=1S/C19H21NO4/c1-14-8-4-7-11-17(14)24-12-15-9-5-6-10-16(15)18(19(21)23-3)20-13-22-2/h4-11H,12-13H2,1-3H3. The molecule has 0 unspecified atom stereocenters. The molecule has 24 heavy (non-hydrogen) atoms. The third-order valence-corrected chi connectivity index (χ3v) is 3.48. The fourth-order valence-corrected chi connectivity index (χ4v) is 2.24. The maximum Gasteiger partial charge on any atom is 0.356 e. The van der Waals surface area contributed by atoms with E-state index in [1.54, 1.807) is 0 Å². The number of hydrogen-bond donors (Lipinski definition) is 0. The Bertz CT molecular complexity index is 725. The number of aliphatic imine (C=N–C) groups is 1. The van der Waals surface area contributed by atoms with Gasteiger partial charge in [0.2, 0.25) is 0 Å². The molecule has 0 aliphatic rings. The van der Waals surface area contributed by atoms with Crippen LogP contribution in [0, 0.1) is 6.92 Å². The Labute approximate surface area is 141 Å². The molecule has 0 atom stereocenters. The second kappa shape index (κ2) is 8.84. The zero-order valence-corrected chi connectivity index (χ0v) is 14.1. The molecular formula is C19H21NO4. The summed E-state index contributed by atoms with van der Waals surface area (Å²) in [6.07, 6.45) is 0. The van der Waals surface area contributed by atoms with E-state index in [1.165, 1.54) is 14.2 Å². The summed E-state index contributed by atoms with van der Waals surface area (Å²) in [7, 11) is 2.85. The molecule has 2 rings (SSSR count). The van der Waals surface area contributed by atoms with Gasteiger partial charge in [0, 0.05) is 12.7 Å². The molecule has 5 heteroatoms. The Morgan fingerprint density at radius 1 is 1.04 bits per heavy atom. The number of esters is 1. The number of carbonyl (C=O) groups excluding carboxylic acids is 1. The molecule has 0 amide bonds. The first-order valence-corrected chi connectivity index (χ1v) is 7.55. The number of benzene rings is 2. The normalized spacial score (nSPS) is 11.2. The van der Waals surface area contributed by atoms with Crippen molar-refractivity contribution in [1.82, 2.24) is 0 Å². The van der Waals surface area contributed by atoms with E-state index in [0.29, 0.717) is 12.2 Å². The van der Waals surface area contributed by atoms with Crippen molar-refractivity contribution in [2.24, 2.45) is 4.99 Å². The maximum atomic E-state index is 12.0. The number of para-hydroxylation sites is 1. The van der Waals surface area contributed by atoms with E-state index in [0.717, 1.165) is 16.9 Å². The first kappa shape index (κ1) is 17.7. The maximum absolute atomic E-state index is 12.0. The molecule has 0 fully saturated rings. The van der Waals surface area contributed by atoms with Crippen molar-refractivity contribution < 1.29 is 19.0 Å². The van der Waals surface area contributed by atoms with Crippen LogP contribution in [-0.4, -0.2) is 32.6 Å². The van der Waals surface area contributed by atoms with E-state index in [-0.39, 0.29) is 12.4 Å². The SMILES string of the molecule is COCN=C(C(=O)OC)c1ccccc1COc1ccccc1C. The predicted octanol–water partition coefficient (Wildman–Crippen LogP) is 3.14. The van der Waals surface area contributed by atoms with Crippen LogP contribution in [0.5, 0.6) is 5.75 Å². The van der Waals surface area contributed by atoms with Crippen LogP contribution in [-0.2, 0) is 20.9 Å². The van der Waals surface area contributed by atoms with Crippen molar-refractivity contribution in [1.29, 1.82) is 0 Å². The number of aryl methyl sites for hydroxylation is 1. The molecule has 0 bridgehead atoms. The third-order valence-electron chi connectivity index (χ3n) is 3.48. The Kier molecular flexibility index (Phi) is 6.51. The van der Waals surface area contributed by atoms with Crippen molar-refractivity contribution in [3.8, 4) is 5.75 Å². The van der Waals surface area contributed by atoms with Gasteiger partial charge in [0.25, 0.3) is 0 Å². The van der Waals surface area contributed by atoms with Crippen LogP contribution in [0.25, 0.3) is 0 Å². The summed E-state index contributed by atoms with van der Waals surface area (Å²) in [5.41, 5.74) is 2.80. The van der Waals surface area contributed by atoms with Crippen LogP contribution in [0.2, 0.25) is 0 Å². The van der Waals surface area contributed by atoms with Crippen LogP contribution in [0.4, 0.5) is 0 Å². The Morgan fingerprint density at radius 3 is 2.46 bits per heavy atom. The van der Waals surface area contributed by atoms with Crippen LogP contribution in [0.1, 0.15) is 16.7 Å². The smallest absolute Gasteiger partial charge is 0.356 e. The lowest BCUT2D eigenvalue weighted by Crippen LogP contribution is -2.20. The molecule has 0 saturated carbocycles. The van der Waals surface area contributed by atoms with Gasteiger partial charge in [-0.1, -0.05) is 42.5 Å². The van der Waals surface area contributed by atoms with Gasteiger partial charge in [-0.2, -0.15) is 0 Å². The molecule has 0 saturated heterocycles. The molecule has 5 nitrogen and oxygen atoms in total. The van der Waals surface area contributed by atoms with Gasteiger partial charge < -0.3 is 14.2 Å². The molecule has 0 aromatic heterocycles. The minimum absolute atomic E-state index is 0.0808. The summed E-state index contributed by atoms with van der Waals surface area (Å²) in [5.74, 6) is 0.302. The van der Waals surface area contributed by atoms with Gasteiger partial charge in [-0.3, -0.25) is 0 Å². The van der Waals surface area contributed by atoms with Crippen LogP contribution in [0.15, 0.2) is 53.5 Å². The van der Waals surface area contributed by atoms with E-state index >= 15 is 0 Å². The number of methoxy groups -OCH3 is 2. The highest BCUT2D eigenvalue weighted by molar-refractivity contribution is 6.43. The van der Waals surface area contributed by atoms with Gasteiger partial charge in [0.1, 0.15) is 19.1 Å². The van der Waals surface area contributed by atoms with Gasteiger partial charge in [-0.05, 0) is 24.1 Å². The molecule has 2 aromatic carbocycles. The lowest BCUT2D eigenvalue weighted by molar-refractivity contribution is -0.132. The summed E-state index contributed by atoms with van der Waals surface area (Å²) in [6.45, 7) is 2.39. The molecule has 126 valence electrons. The minimum atomic E-state index is -0.504. The van der Waals surface area contributed by atoms with Crippen LogP contribution >= 0.6 is 0 Å². The Morgan fingerprint density at radius 2 is 1.75 bits per heavy atom. The number of nitrogens with zero attached hydrogens (tertiary/aromatic N) is 1. The van der Waals surface area contributed by atoms with E-state index in [4.69, 9.17) is 14.2 Å². The summed E-state index contributed by atoms with van der Waals surface area (Å²) in [4.78, 5) is 16.2. The molecular weight excluding hydrogens is 306 g/mol. The fraction of sp³-hybridized carbons (Fsp3) is 0.263. The summed E-state index contributed by atoms with van der Waals surface area (Å²) >= 11 is 0. The molecule has 0 aliphatic carbocycles. The highest BCUT2D eigenvalue weighted by Crippen LogP contribution is 2.19. The first-order chi connectivity index (χ1) is 11.7. The van der Waals surface area contributed by atoms with E-state index < -0.39 is 5.97 Å². The molecule has 0 aliphatic heterocycles. The molecule has 2 aromatic rings. The lowest BCUT2D eigenvalue weighted by atomic mass is 10.0. The van der Waals surface area contributed by atoms with Gasteiger partial charge in [0.05, 0.1) is 7.11 Å². The second-order valence-electron chi connectivity index (χ2n) is 5.13. The van der Waals surface area contributed by atoms with Crippen LogP contribution in [0.3, 0.4) is 0 Å². The van der Waals surface area contributed by atoms with Crippen molar-refractivity contribution in [2.75, 3.05) is 21.0 Å². The number of ether oxygens (including phenoxy) is 3. The van der Waals surface area contributed by atoms with Gasteiger partial charge >= 0.3 is 5.97 Å². The van der Waals surface area contributed by atoms with Gasteiger partial charge in [0.15, 0.2) is 5.71 Å². The zero-order chi connectivity index (χ0) is 17.4. The average Bonchev–Trinajstić information content (AvgIpc) is 2.62. The summed E-state index contributed by atoms with van der Waals surface area (Å²) < 4.78 is 15.7. The predicted molar refractivity (Wildman–Crippen MR) is 92.4 cm³/mol. The summed E-state index contributed by atoms with van der Waals surface area (Å²) in [6, 6.07) is 15.3. The Hall–Kier alpha value is -2.66. The van der Waals surface area contributed by atoms with E-state index in [2.05, 4.69) is 4.99 Å². The third kappa shape index (κ3) is 4.43. The number of hydrogen-bond acceptors (Lipinski definition) is 5.